The zero-order valence-corrected chi connectivity index (χ0v) is 12.8. The van der Waals surface area contributed by atoms with Gasteiger partial charge >= 0.3 is 11.7 Å². The van der Waals surface area contributed by atoms with E-state index in [1.54, 1.807) is 13.0 Å². The number of nitro benzene ring substituents is 1. The molecule has 0 aliphatic heterocycles. The summed E-state index contributed by atoms with van der Waals surface area (Å²) in [6.07, 6.45) is 6.78. The molecule has 0 aliphatic carbocycles. The fourth-order valence-electron chi connectivity index (χ4n) is 2.08. The van der Waals surface area contributed by atoms with Crippen molar-refractivity contribution in [2.24, 2.45) is 0 Å². The highest BCUT2D eigenvalue weighted by Crippen LogP contribution is 2.28. The normalized spacial score (nSPS) is 10.4. The summed E-state index contributed by atoms with van der Waals surface area (Å²) in [4.78, 5) is 22.1. The van der Waals surface area contributed by atoms with Gasteiger partial charge in [-0.25, -0.2) is 0 Å². The van der Waals surface area contributed by atoms with E-state index in [1.165, 1.54) is 31.4 Å². The quantitative estimate of drug-likeness (QED) is 0.220. The molecule has 0 heterocycles. The van der Waals surface area contributed by atoms with Crippen molar-refractivity contribution in [2.75, 3.05) is 0 Å². The summed E-state index contributed by atoms with van der Waals surface area (Å²) in [5, 5.41) is 10.9. The van der Waals surface area contributed by atoms with Crippen molar-refractivity contribution < 1.29 is 14.5 Å². The van der Waals surface area contributed by atoms with Crippen molar-refractivity contribution in [2.45, 2.75) is 58.8 Å². The second kappa shape index (κ2) is 9.10. The van der Waals surface area contributed by atoms with E-state index in [4.69, 9.17) is 4.74 Å². The number of rotatable bonds is 9. The maximum atomic E-state index is 11.7. The van der Waals surface area contributed by atoms with Crippen LogP contribution in [0.5, 0.6) is 5.75 Å². The number of carbonyl (C=O) groups is 1. The Hall–Kier alpha value is -1.91. The zero-order valence-electron chi connectivity index (χ0n) is 12.8. The van der Waals surface area contributed by atoms with Crippen molar-refractivity contribution in [1.29, 1.82) is 0 Å². The molecule has 5 heteroatoms. The molecule has 0 aliphatic rings. The van der Waals surface area contributed by atoms with Gasteiger partial charge in [0.25, 0.3) is 0 Å². The number of esters is 1. The van der Waals surface area contributed by atoms with Crippen molar-refractivity contribution in [3.05, 3.63) is 33.9 Å². The average molecular weight is 293 g/mol. The second-order valence-electron chi connectivity index (χ2n) is 5.22. The number of carbonyl (C=O) groups excluding carboxylic acids is 1. The number of nitro groups is 1. The topological polar surface area (TPSA) is 69.4 Å². The van der Waals surface area contributed by atoms with Gasteiger partial charge in [-0.3, -0.25) is 14.9 Å². The molecule has 0 bridgehead atoms. The molecule has 0 N–H and O–H groups in total. The fraction of sp³-hybridized carbons (Fsp3) is 0.562. The lowest BCUT2D eigenvalue weighted by Gasteiger charge is -2.06. The van der Waals surface area contributed by atoms with E-state index in [1.807, 2.05) is 0 Å². The van der Waals surface area contributed by atoms with E-state index in [0.717, 1.165) is 24.8 Å². The molecule has 0 unspecified atom stereocenters. The molecule has 1 rings (SSSR count). The van der Waals surface area contributed by atoms with Gasteiger partial charge in [-0.15, -0.1) is 0 Å². The Morgan fingerprint density at radius 3 is 2.52 bits per heavy atom. The molecule has 116 valence electrons. The molecule has 21 heavy (non-hydrogen) atoms. The summed E-state index contributed by atoms with van der Waals surface area (Å²) in [5.74, 6) is -0.376. The average Bonchev–Trinajstić information content (AvgIpc) is 2.44. The van der Waals surface area contributed by atoms with Gasteiger partial charge in [-0.1, -0.05) is 45.1 Å². The first-order valence-electron chi connectivity index (χ1n) is 7.50. The minimum absolute atomic E-state index is 0.0292. The van der Waals surface area contributed by atoms with Crippen LogP contribution < -0.4 is 4.74 Å². The summed E-state index contributed by atoms with van der Waals surface area (Å²) in [6, 6.07) is 4.58. The first kappa shape index (κ1) is 17.1. The van der Waals surface area contributed by atoms with Crippen LogP contribution in [-0.2, 0) is 4.79 Å². The third kappa shape index (κ3) is 6.38. The summed E-state index contributed by atoms with van der Waals surface area (Å²) >= 11 is 0. The smallest absolute Gasteiger partial charge is 0.311 e. The summed E-state index contributed by atoms with van der Waals surface area (Å²) in [5.41, 5.74) is 0.601. The van der Waals surface area contributed by atoms with Crippen LogP contribution in [-0.4, -0.2) is 10.9 Å². The minimum atomic E-state index is -0.527. The van der Waals surface area contributed by atoms with E-state index in [0.29, 0.717) is 6.42 Å². The minimum Gasteiger partial charge on any atom is -0.419 e. The number of nitrogens with zero attached hydrogens (tertiary/aromatic N) is 1. The van der Waals surface area contributed by atoms with Gasteiger partial charge in [0.15, 0.2) is 0 Å². The first-order valence-corrected chi connectivity index (χ1v) is 7.50. The molecule has 0 aromatic heterocycles. The molecule has 5 nitrogen and oxygen atoms in total. The molecule has 0 radical (unpaired) electrons. The van der Waals surface area contributed by atoms with E-state index in [-0.39, 0.29) is 11.4 Å². The Kier molecular flexibility index (Phi) is 7.43. The first-order chi connectivity index (χ1) is 10.0. The van der Waals surface area contributed by atoms with Crippen molar-refractivity contribution >= 4 is 11.7 Å². The molecule has 0 atom stereocenters. The zero-order chi connectivity index (χ0) is 15.7. The maximum Gasteiger partial charge on any atom is 0.311 e. The highest BCUT2D eigenvalue weighted by atomic mass is 16.6. The lowest BCUT2D eigenvalue weighted by molar-refractivity contribution is -0.385. The van der Waals surface area contributed by atoms with Crippen molar-refractivity contribution in [1.82, 2.24) is 0 Å². The number of aryl methyl sites for hydroxylation is 1. The van der Waals surface area contributed by atoms with Crippen LogP contribution in [0.1, 0.15) is 57.4 Å². The highest BCUT2D eigenvalue weighted by molar-refractivity contribution is 5.73. The molecule has 0 fully saturated rings. The Morgan fingerprint density at radius 2 is 1.86 bits per heavy atom. The summed E-state index contributed by atoms with van der Waals surface area (Å²) in [7, 11) is 0. The van der Waals surface area contributed by atoms with Gasteiger partial charge in [0, 0.05) is 12.5 Å². The third-order valence-electron chi connectivity index (χ3n) is 3.27. The SMILES string of the molecule is CCCCCCCCC(=O)Oc1ccc(C)cc1[N+](=O)[O-]. The molecule has 1 aromatic rings. The molecular formula is C16H23NO4. The Bertz CT molecular complexity index is 485. The van der Waals surface area contributed by atoms with Gasteiger partial charge in [0.05, 0.1) is 4.92 Å². The molecule has 1 aromatic carbocycles. The molecule has 0 saturated heterocycles. The van der Waals surface area contributed by atoms with Crippen LogP contribution in [0.3, 0.4) is 0 Å². The number of hydrogen-bond donors (Lipinski definition) is 0. The predicted octanol–water partition coefficient (Wildman–Crippen LogP) is 4.56. The predicted molar refractivity (Wildman–Crippen MR) is 81.5 cm³/mol. The fourth-order valence-corrected chi connectivity index (χ4v) is 2.08. The standard InChI is InChI=1S/C16H23NO4/c1-3-4-5-6-7-8-9-16(18)21-15-11-10-13(2)12-14(15)17(19)20/h10-12H,3-9H2,1-2H3. The Labute approximate surface area is 125 Å². The number of unbranched alkanes of at least 4 members (excludes halogenated alkanes) is 5. The van der Waals surface area contributed by atoms with E-state index >= 15 is 0 Å². The second-order valence-corrected chi connectivity index (χ2v) is 5.22. The molecule has 0 amide bonds. The van der Waals surface area contributed by atoms with Gasteiger partial charge < -0.3 is 4.74 Å². The van der Waals surface area contributed by atoms with Crippen molar-refractivity contribution in [3.8, 4) is 5.75 Å². The van der Waals surface area contributed by atoms with E-state index in [9.17, 15) is 14.9 Å². The van der Waals surface area contributed by atoms with Crippen LogP contribution in [0.25, 0.3) is 0 Å². The largest absolute Gasteiger partial charge is 0.419 e. The van der Waals surface area contributed by atoms with Crippen molar-refractivity contribution in [3.63, 3.8) is 0 Å². The van der Waals surface area contributed by atoms with Crippen LogP contribution in [0, 0.1) is 17.0 Å². The lowest BCUT2D eigenvalue weighted by Crippen LogP contribution is -2.09. The van der Waals surface area contributed by atoms with Gasteiger partial charge in [-0.05, 0) is 25.0 Å². The van der Waals surface area contributed by atoms with Crippen LogP contribution in [0.15, 0.2) is 18.2 Å². The summed E-state index contributed by atoms with van der Waals surface area (Å²) in [6.45, 7) is 3.92. The maximum absolute atomic E-state index is 11.7. The van der Waals surface area contributed by atoms with Gasteiger partial charge in [0.1, 0.15) is 0 Å². The van der Waals surface area contributed by atoms with E-state index in [2.05, 4.69) is 6.92 Å². The van der Waals surface area contributed by atoms with Crippen LogP contribution in [0.4, 0.5) is 5.69 Å². The lowest BCUT2D eigenvalue weighted by atomic mass is 10.1. The Balaban J connectivity index is 2.43. The molecular weight excluding hydrogens is 270 g/mol. The van der Waals surface area contributed by atoms with E-state index < -0.39 is 10.9 Å². The Morgan fingerprint density at radius 1 is 1.19 bits per heavy atom. The number of ether oxygens (including phenoxy) is 1. The third-order valence-corrected chi connectivity index (χ3v) is 3.27. The van der Waals surface area contributed by atoms with Crippen LogP contribution in [0.2, 0.25) is 0 Å². The molecule has 0 saturated carbocycles. The highest BCUT2D eigenvalue weighted by Gasteiger charge is 2.17. The van der Waals surface area contributed by atoms with Gasteiger partial charge in [-0.2, -0.15) is 0 Å². The number of hydrogen-bond acceptors (Lipinski definition) is 4. The van der Waals surface area contributed by atoms with Crippen LogP contribution >= 0.6 is 0 Å². The molecule has 0 spiro atoms. The number of benzene rings is 1. The summed E-state index contributed by atoms with van der Waals surface area (Å²) < 4.78 is 5.11. The monoisotopic (exact) mass is 293 g/mol. The van der Waals surface area contributed by atoms with Gasteiger partial charge in [0.2, 0.25) is 5.75 Å².